The normalized spacial score (nSPS) is 17.6. The van der Waals surface area contributed by atoms with Gasteiger partial charge in [0.1, 0.15) is 11.2 Å². The minimum atomic E-state index is -1.05. The minimum absolute atomic E-state index is 0.109. The second-order valence-electron chi connectivity index (χ2n) is 9.67. The molecule has 2 N–H and O–H groups in total. The van der Waals surface area contributed by atoms with Gasteiger partial charge in [-0.3, -0.25) is 14.4 Å². The fourth-order valence-corrected chi connectivity index (χ4v) is 4.38. The van der Waals surface area contributed by atoms with Crippen molar-refractivity contribution in [2.45, 2.75) is 66.0 Å². The molecule has 0 saturated heterocycles. The molecule has 3 rings (SSSR count). The first kappa shape index (κ1) is 25.5. The number of carbonyl (C=O) groups is 3. The maximum absolute atomic E-state index is 13.5. The van der Waals surface area contributed by atoms with Crippen LogP contribution in [0.3, 0.4) is 0 Å². The standard InChI is InChI=1S/C26H37N5O3/c1-6-15-31-24(33)22-21(23(32)27-14-12-20-10-8-7-9-19(20)4)29-17-30(22)16-26(31,5)25(34)28-13-11-18(2)3/h7-10,17-18H,6,11-16H2,1-5H3,(H,27,32)(H,28,34)/t26-/m0/s1. The second-order valence-corrected chi connectivity index (χ2v) is 9.67. The van der Waals surface area contributed by atoms with Crippen LogP contribution < -0.4 is 10.6 Å². The molecule has 1 aromatic carbocycles. The number of amides is 3. The van der Waals surface area contributed by atoms with Gasteiger partial charge in [-0.1, -0.05) is 45.0 Å². The number of hydrogen-bond acceptors (Lipinski definition) is 4. The van der Waals surface area contributed by atoms with Gasteiger partial charge < -0.3 is 20.1 Å². The molecule has 0 unspecified atom stereocenters. The van der Waals surface area contributed by atoms with Crippen LogP contribution in [0, 0.1) is 12.8 Å². The topological polar surface area (TPSA) is 96.3 Å². The molecule has 8 heteroatoms. The summed E-state index contributed by atoms with van der Waals surface area (Å²) in [6, 6.07) is 8.05. The first-order valence-corrected chi connectivity index (χ1v) is 12.2. The van der Waals surface area contributed by atoms with E-state index in [1.54, 1.807) is 16.4 Å². The van der Waals surface area contributed by atoms with Crippen molar-refractivity contribution in [1.82, 2.24) is 25.1 Å². The van der Waals surface area contributed by atoms with Crippen molar-refractivity contribution < 1.29 is 14.4 Å². The van der Waals surface area contributed by atoms with Gasteiger partial charge in [-0.15, -0.1) is 0 Å². The van der Waals surface area contributed by atoms with E-state index in [0.29, 0.717) is 38.4 Å². The number of carbonyl (C=O) groups excluding carboxylic acids is 3. The number of fused-ring (bicyclic) bond motifs is 1. The number of aryl methyl sites for hydroxylation is 1. The van der Waals surface area contributed by atoms with Gasteiger partial charge >= 0.3 is 0 Å². The van der Waals surface area contributed by atoms with E-state index in [4.69, 9.17) is 0 Å². The van der Waals surface area contributed by atoms with Gasteiger partial charge in [0.05, 0.1) is 12.9 Å². The highest BCUT2D eigenvalue weighted by atomic mass is 16.2. The summed E-state index contributed by atoms with van der Waals surface area (Å²) < 4.78 is 1.65. The zero-order valence-electron chi connectivity index (χ0n) is 21.0. The van der Waals surface area contributed by atoms with Gasteiger partial charge in [0, 0.05) is 19.6 Å². The molecule has 2 heterocycles. The van der Waals surface area contributed by atoms with Crippen molar-refractivity contribution in [3.8, 4) is 0 Å². The average Bonchev–Trinajstić information content (AvgIpc) is 3.21. The van der Waals surface area contributed by atoms with Gasteiger partial charge in [0.25, 0.3) is 11.8 Å². The van der Waals surface area contributed by atoms with E-state index in [1.807, 2.05) is 38.1 Å². The molecular formula is C26H37N5O3. The van der Waals surface area contributed by atoms with E-state index >= 15 is 0 Å². The molecule has 0 fully saturated rings. The van der Waals surface area contributed by atoms with Gasteiger partial charge in [0.15, 0.2) is 5.69 Å². The maximum atomic E-state index is 13.5. The van der Waals surface area contributed by atoms with Crippen molar-refractivity contribution in [3.63, 3.8) is 0 Å². The van der Waals surface area contributed by atoms with Crippen LogP contribution in [0.25, 0.3) is 0 Å². The van der Waals surface area contributed by atoms with Crippen molar-refractivity contribution >= 4 is 17.7 Å². The molecule has 1 atom stereocenters. The largest absolute Gasteiger partial charge is 0.354 e. The fourth-order valence-electron chi connectivity index (χ4n) is 4.38. The Morgan fingerprint density at radius 3 is 2.59 bits per heavy atom. The Labute approximate surface area is 202 Å². The Hall–Kier alpha value is -3.16. The van der Waals surface area contributed by atoms with Crippen LogP contribution in [-0.4, -0.2) is 57.3 Å². The highest BCUT2D eigenvalue weighted by Gasteiger charge is 2.48. The summed E-state index contributed by atoms with van der Waals surface area (Å²) in [5.74, 6) is -0.424. The number of rotatable bonds is 10. The molecule has 2 aromatic rings. The van der Waals surface area contributed by atoms with Crippen LogP contribution in [0.2, 0.25) is 0 Å². The molecule has 0 radical (unpaired) electrons. The smallest absolute Gasteiger partial charge is 0.273 e. The van der Waals surface area contributed by atoms with Crippen molar-refractivity contribution in [3.05, 3.63) is 53.1 Å². The summed E-state index contributed by atoms with van der Waals surface area (Å²) in [4.78, 5) is 45.5. The van der Waals surface area contributed by atoms with Crippen LogP contribution in [0.1, 0.15) is 72.6 Å². The molecule has 8 nitrogen and oxygen atoms in total. The van der Waals surface area contributed by atoms with E-state index in [9.17, 15) is 14.4 Å². The minimum Gasteiger partial charge on any atom is -0.354 e. The summed E-state index contributed by atoms with van der Waals surface area (Å²) in [5, 5.41) is 5.89. The van der Waals surface area contributed by atoms with Crippen molar-refractivity contribution in [2.24, 2.45) is 5.92 Å². The number of aromatic nitrogens is 2. The van der Waals surface area contributed by atoms with Crippen molar-refractivity contribution in [2.75, 3.05) is 19.6 Å². The Morgan fingerprint density at radius 2 is 1.91 bits per heavy atom. The van der Waals surface area contributed by atoms with E-state index in [0.717, 1.165) is 6.42 Å². The monoisotopic (exact) mass is 467 g/mol. The summed E-state index contributed by atoms with van der Waals surface area (Å²) in [6.07, 6.45) is 3.75. The number of benzene rings is 1. The highest BCUT2D eigenvalue weighted by Crippen LogP contribution is 2.29. The predicted octanol–water partition coefficient (Wildman–Crippen LogP) is 2.95. The molecule has 1 aliphatic rings. The molecule has 1 aromatic heterocycles. The van der Waals surface area contributed by atoms with Gasteiger partial charge in [-0.2, -0.15) is 0 Å². The number of nitrogens with zero attached hydrogens (tertiary/aromatic N) is 3. The quantitative estimate of drug-likeness (QED) is 0.562. The van der Waals surface area contributed by atoms with Crippen LogP contribution in [-0.2, 0) is 17.8 Å². The Morgan fingerprint density at radius 1 is 1.18 bits per heavy atom. The Bertz CT molecular complexity index is 1040. The van der Waals surface area contributed by atoms with Crippen molar-refractivity contribution in [1.29, 1.82) is 0 Å². The molecule has 0 saturated carbocycles. The molecule has 34 heavy (non-hydrogen) atoms. The SMILES string of the molecule is CCCN1C(=O)c2c(C(=O)NCCc3ccccc3C)ncn2C[C@@]1(C)C(=O)NCCC(C)C. The van der Waals surface area contributed by atoms with Crippen LogP contribution in [0.15, 0.2) is 30.6 Å². The molecular weight excluding hydrogens is 430 g/mol. The Balaban J connectivity index is 1.76. The summed E-state index contributed by atoms with van der Waals surface area (Å²) >= 11 is 0. The first-order chi connectivity index (χ1) is 16.2. The summed E-state index contributed by atoms with van der Waals surface area (Å²) in [6.45, 7) is 11.7. The van der Waals surface area contributed by atoms with Gasteiger partial charge in [-0.05, 0) is 50.2 Å². The molecule has 1 aliphatic heterocycles. The average molecular weight is 468 g/mol. The van der Waals surface area contributed by atoms with E-state index in [1.165, 1.54) is 17.5 Å². The van der Waals surface area contributed by atoms with Gasteiger partial charge in [0.2, 0.25) is 5.91 Å². The lowest BCUT2D eigenvalue weighted by atomic mass is 9.93. The summed E-state index contributed by atoms with van der Waals surface area (Å²) in [5.41, 5.74) is 1.65. The van der Waals surface area contributed by atoms with Crippen LogP contribution in [0.4, 0.5) is 0 Å². The Kier molecular flexibility index (Phi) is 8.12. The molecule has 0 aliphatic carbocycles. The number of imidazole rings is 1. The lowest BCUT2D eigenvalue weighted by Gasteiger charge is -2.43. The third-order valence-corrected chi connectivity index (χ3v) is 6.46. The molecule has 184 valence electrons. The van der Waals surface area contributed by atoms with E-state index < -0.39 is 5.54 Å². The molecule has 0 spiro atoms. The number of hydrogen-bond donors (Lipinski definition) is 2. The van der Waals surface area contributed by atoms with Crippen LogP contribution >= 0.6 is 0 Å². The lowest BCUT2D eigenvalue weighted by molar-refractivity contribution is -0.132. The maximum Gasteiger partial charge on any atom is 0.273 e. The molecule has 0 bridgehead atoms. The lowest BCUT2D eigenvalue weighted by Crippen LogP contribution is -2.64. The third kappa shape index (κ3) is 5.32. The zero-order chi connectivity index (χ0) is 24.9. The van der Waals surface area contributed by atoms with E-state index in [2.05, 4.69) is 29.5 Å². The summed E-state index contributed by atoms with van der Waals surface area (Å²) in [7, 11) is 0. The van der Waals surface area contributed by atoms with E-state index in [-0.39, 0.29) is 35.7 Å². The number of nitrogens with one attached hydrogen (secondary N) is 2. The highest BCUT2D eigenvalue weighted by molar-refractivity contribution is 6.07. The second kappa shape index (κ2) is 10.8. The first-order valence-electron chi connectivity index (χ1n) is 12.2. The molecule has 3 amide bonds. The van der Waals surface area contributed by atoms with Gasteiger partial charge in [-0.25, -0.2) is 4.98 Å². The van der Waals surface area contributed by atoms with Crippen LogP contribution in [0.5, 0.6) is 0 Å². The third-order valence-electron chi connectivity index (χ3n) is 6.46. The zero-order valence-corrected chi connectivity index (χ0v) is 21.0. The predicted molar refractivity (Wildman–Crippen MR) is 132 cm³/mol. The fraction of sp³-hybridized carbons (Fsp3) is 0.538.